The van der Waals surface area contributed by atoms with Gasteiger partial charge in [-0.15, -0.1) is 21.5 Å². The summed E-state index contributed by atoms with van der Waals surface area (Å²) in [5.41, 5.74) is 1.30. The molecule has 0 saturated carbocycles. The van der Waals surface area contributed by atoms with Crippen LogP contribution in [-0.4, -0.2) is 40.6 Å². The highest BCUT2D eigenvalue weighted by Crippen LogP contribution is 2.33. The van der Waals surface area contributed by atoms with Crippen LogP contribution in [0.4, 0.5) is 5.00 Å². The van der Waals surface area contributed by atoms with Gasteiger partial charge >= 0.3 is 0 Å². The number of carbonyl (C=O) groups is 1. The van der Waals surface area contributed by atoms with E-state index in [-0.39, 0.29) is 11.7 Å². The minimum Gasteiger partial charge on any atom is -0.493 e. The van der Waals surface area contributed by atoms with E-state index in [0.29, 0.717) is 39.6 Å². The number of ether oxygens (including phenoxy) is 2. The first kappa shape index (κ1) is 20.7. The highest BCUT2D eigenvalue weighted by molar-refractivity contribution is 7.99. The molecule has 8 nitrogen and oxygen atoms in total. The highest BCUT2D eigenvalue weighted by Gasteiger charge is 2.17. The Kier molecular flexibility index (Phi) is 6.74. The van der Waals surface area contributed by atoms with Crippen molar-refractivity contribution in [3.8, 4) is 29.0 Å². The normalized spacial score (nSPS) is 10.4. The summed E-state index contributed by atoms with van der Waals surface area (Å²) in [6.45, 7) is 2.63. The minimum absolute atomic E-state index is 0.160. The predicted octanol–water partition coefficient (Wildman–Crippen LogP) is 3.65. The van der Waals surface area contributed by atoms with E-state index in [0.717, 1.165) is 5.56 Å². The quantitative estimate of drug-likeness (QED) is 0.545. The number of hydrogen-bond acceptors (Lipinski definition) is 8. The van der Waals surface area contributed by atoms with Gasteiger partial charge in [0.2, 0.25) is 5.91 Å². The molecule has 0 bridgehead atoms. The summed E-state index contributed by atoms with van der Waals surface area (Å²) < 4.78 is 12.6. The number of rotatable bonds is 8. The number of nitriles is 1. The van der Waals surface area contributed by atoms with Crippen LogP contribution in [0.2, 0.25) is 0 Å². The molecule has 1 amide bonds. The highest BCUT2D eigenvalue weighted by atomic mass is 32.2. The third kappa shape index (κ3) is 4.52. The molecule has 0 spiro atoms. The summed E-state index contributed by atoms with van der Waals surface area (Å²) in [6.07, 6.45) is 0. The number of thioether (sulfide) groups is 1. The molecule has 2 aromatic heterocycles. The molecule has 10 heteroatoms. The third-order valence-electron chi connectivity index (χ3n) is 4.05. The van der Waals surface area contributed by atoms with Crippen LogP contribution >= 0.6 is 23.1 Å². The largest absolute Gasteiger partial charge is 0.493 e. The van der Waals surface area contributed by atoms with Gasteiger partial charge in [-0.1, -0.05) is 11.8 Å². The van der Waals surface area contributed by atoms with Gasteiger partial charge in [-0.25, -0.2) is 0 Å². The molecule has 0 unspecified atom stereocenters. The molecule has 2 heterocycles. The Morgan fingerprint density at radius 3 is 2.76 bits per heavy atom. The maximum atomic E-state index is 12.3. The number of aromatic nitrogens is 3. The van der Waals surface area contributed by atoms with Gasteiger partial charge < -0.3 is 19.4 Å². The number of thiophene rings is 1. The maximum Gasteiger partial charge on any atom is 0.235 e. The fourth-order valence-corrected chi connectivity index (χ4v) is 4.21. The van der Waals surface area contributed by atoms with E-state index in [9.17, 15) is 4.79 Å². The van der Waals surface area contributed by atoms with E-state index < -0.39 is 0 Å². The molecule has 0 saturated heterocycles. The number of methoxy groups -OCH3 is 2. The van der Waals surface area contributed by atoms with Crippen molar-refractivity contribution in [2.24, 2.45) is 0 Å². The standard InChI is InChI=1S/C19H19N5O3S2/c1-4-24-17(12-5-6-14(26-2)15(9-12)27-3)22-23-19(24)29-11-16(25)21-18-13(10-20)7-8-28-18/h5-9H,4,11H2,1-3H3,(H,21,25). The Bertz CT molecular complexity index is 1050. The fourth-order valence-electron chi connectivity index (χ4n) is 2.66. The number of benzene rings is 1. The van der Waals surface area contributed by atoms with Gasteiger partial charge in [0, 0.05) is 12.1 Å². The van der Waals surface area contributed by atoms with Crippen LogP contribution in [0, 0.1) is 11.3 Å². The molecular formula is C19H19N5O3S2. The second-order valence-electron chi connectivity index (χ2n) is 5.73. The van der Waals surface area contributed by atoms with Crippen molar-refractivity contribution in [3.05, 3.63) is 35.2 Å². The first-order valence-corrected chi connectivity index (χ1v) is 10.5. The van der Waals surface area contributed by atoms with Crippen molar-refractivity contribution in [1.29, 1.82) is 5.26 Å². The average molecular weight is 430 g/mol. The Morgan fingerprint density at radius 1 is 1.28 bits per heavy atom. The molecule has 0 fully saturated rings. The zero-order chi connectivity index (χ0) is 20.8. The van der Waals surface area contributed by atoms with Crippen LogP contribution in [-0.2, 0) is 11.3 Å². The second-order valence-corrected chi connectivity index (χ2v) is 7.59. The minimum atomic E-state index is -0.202. The Labute approximate surface area is 176 Å². The predicted molar refractivity (Wildman–Crippen MR) is 113 cm³/mol. The molecule has 29 heavy (non-hydrogen) atoms. The van der Waals surface area contributed by atoms with Crippen LogP contribution in [0.15, 0.2) is 34.8 Å². The van der Waals surface area contributed by atoms with Crippen molar-refractivity contribution >= 4 is 34.0 Å². The first-order valence-electron chi connectivity index (χ1n) is 8.67. The summed E-state index contributed by atoms with van der Waals surface area (Å²) in [5.74, 6) is 1.88. The van der Waals surface area contributed by atoms with E-state index in [1.54, 1.807) is 25.7 Å². The van der Waals surface area contributed by atoms with E-state index in [2.05, 4.69) is 21.6 Å². The second kappa shape index (κ2) is 9.45. The number of nitrogens with zero attached hydrogens (tertiary/aromatic N) is 4. The summed E-state index contributed by atoms with van der Waals surface area (Å²) in [6, 6.07) is 9.28. The summed E-state index contributed by atoms with van der Waals surface area (Å²) in [4.78, 5) is 12.3. The zero-order valence-corrected chi connectivity index (χ0v) is 17.8. The van der Waals surface area contributed by atoms with Gasteiger partial charge in [0.25, 0.3) is 0 Å². The Balaban J connectivity index is 1.74. The average Bonchev–Trinajstić information content (AvgIpc) is 3.37. The Hall–Kier alpha value is -3.03. The summed E-state index contributed by atoms with van der Waals surface area (Å²) in [5, 5.41) is 23.3. The van der Waals surface area contributed by atoms with Crippen LogP contribution in [0.1, 0.15) is 12.5 Å². The van der Waals surface area contributed by atoms with E-state index in [4.69, 9.17) is 14.7 Å². The lowest BCUT2D eigenvalue weighted by Crippen LogP contribution is -2.14. The molecule has 0 aliphatic rings. The topological polar surface area (TPSA) is 102 Å². The molecule has 1 aromatic carbocycles. The molecule has 1 N–H and O–H groups in total. The number of nitrogens with one attached hydrogen (secondary N) is 1. The summed E-state index contributed by atoms with van der Waals surface area (Å²) >= 11 is 2.61. The van der Waals surface area contributed by atoms with Crippen molar-refractivity contribution in [3.63, 3.8) is 0 Å². The van der Waals surface area contributed by atoms with Crippen LogP contribution in [0.25, 0.3) is 11.4 Å². The zero-order valence-electron chi connectivity index (χ0n) is 16.1. The fraction of sp³-hybridized carbons (Fsp3) is 0.263. The Morgan fingerprint density at radius 2 is 2.07 bits per heavy atom. The van der Waals surface area contributed by atoms with Crippen molar-refractivity contribution in [1.82, 2.24) is 14.8 Å². The molecule has 3 rings (SSSR count). The lowest BCUT2D eigenvalue weighted by Gasteiger charge is -2.11. The SMILES string of the molecule is CCn1c(SCC(=O)Nc2sccc2C#N)nnc1-c1ccc(OC)c(OC)c1. The van der Waals surface area contributed by atoms with Crippen LogP contribution in [0.5, 0.6) is 11.5 Å². The van der Waals surface area contributed by atoms with Gasteiger partial charge in [0.1, 0.15) is 11.1 Å². The molecular weight excluding hydrogens is 410 g/mol. The number of amides is 1. The van der Waals surface area contributed by atoms with Crippen LogP contribution in [0.3, 0.4) is 0 Å². The molecule has 150 valence electrons. The van der Waals surface area contributed by atoms with Crippen molar-refractivity contribution in [2.45, 2.75) is 18.6 Å². The molecule has 0 aliphatic heterocycles. The van der Waals surface area contributed by atoms with Gasteiger partial charge in [0.05, 0.1) is 25.5 Å². The van der Waals surface area contributed by atoms with E-state index in [1.165, 1.54) is 23.1 Å². The number of hydrogen-bond donors (Lipinski definition) is 1. The van der Waals surface area contributed by atoms with Gasteiger partial charge in [-0.2, -0.15) is 5.26 Å². The molecule has 0 radical (unpaired) electrons. The van der Waals surface area contributed by atoms with E-state index in [1.807, 2.05) is 29.7 Å². The van der Waals surface area contributed by atoms with Crippen molar-refractivity contribution in [2.75, 3.05) is 25.3 Å². The van der Waals surface area contributed by atoms with Gasteiger partial charge in [0.15, 0.2) is 22.5 Å². The van der Waals surface area contributed by atoms with Gasteiger partial charge in [-0.05, 0) is 36.6 Å². The third-order valence-corrected chi connectivity index (χ3v) is 5.84. The smallest absolute Gasteiger partial charge is 0.235 e. The number of anilines is 1. The number of carbonyl (C=O) groups excluding carboxylic acids is 1. The molecule has 3 aromatic rings. The summed E-state index contributed by atoms with van der Waals surface area (Å²) in [7, 11) is 3.17. The molecule has 0 aliphatic carbocycles. The van der Waals surface area contributed by atoms with Gasteiger partial charge in [-0.3, -0.25) is 4.79 Å². The molecule has 0 atom stereocenters. The maximum absolute atomic E-state index is 12.3. The van der Waals surface area contributed by atoms with E-state index >= 15 is 0 Å². The lowest BCUT2D eigenvalue weighted by molar-refractivity contribution is -0.113. The monoisotopic (exact) mass is 429 g/mol. The van der Waals surface area contributed by atoms with Crippen LogP contribution < -0.4 is 14.8 Å². The lowest BCUT2D eigenvalue weighted by atomic mass is 10.2. The van der Waals surface area contributed by atoms with Crippen molar-refractivity contribution < 1.29 is 14.3 Å². The first-order chi connectivity index (χ1) is 14.1.